The van der Waals surface area contributed by atoms with Gasteiger partial charge in [0.1, 0.15) is 40.5 Å². The molecule has 0 spiro atoms. The van der Waals surface area contributed by atoms with E-state index >= 15 is 0 Å². The first kappa shape index (κ1) is 79.4. The maximum absolute atomic E-state index is 14.5. The van der Waals surface area contributed by atoms with E-state index in [1.54, 1.807) is 90.2 Å². The Morgan fingerprint density at radius 3 is 1.54 bits per heavy atom. The first-order chi connectivity index (χ1) is 54.2. The van der Waals surface area contributed by atoms with Gasteiger partial charge in [0.05, 0.1) is 74.6 Å². The number of Topliss-reactive ketones (excluding diaryl/α,β-unsaturated/α-hetero) is 2. The summed E-state index contributed by atoms with van der Waals surface area (Å²) in [5, 5.41) is 23.2. The quantitative estimate of drug-likeness (QED) is 0.0484. The second-order valence-corrected chi connectivity index (χ2v) is 27.9. The van der Waals surface area contributed by atoms with Gasteiger partial charge < -0.3 is 71.9 Å². The largest absolute Gasteiger partial charge is 0.502 e. The molecule has 9 aromatic rings. The fourth-order valence-corrected chi connectivity index (χ4v) is 14.9. The van der Waals surface area contributed by atoms with E-state index in [0.29, 0.717) is 85.4 Å². The van der Waals surface area contributed by atoms with Crippen LogP contribution in [0.2, 0.25) is 0 Å². The van der Waals surface area contributed by atoms with Crippen LogP contribution in [0.15, 0.2) is 172 Å². The number of aryl methyl sites for hydroxylation is 1. The molecule has 582 valence electrons. The molecule has 6 aromatic carbocycles. The topological polar surface area (TPSA) is 223 Å². The number of amides is 2. The van der Waals surface area contributed by atoms with Crippen molar-refractivity contribution in [3.63, 3.8) is 0 Å². The van der Waals surface area contributed by atoms with E-state index in [4.69, 9.17) is 42.0 Å². The number of aromatic nitrogens is 1. The van der Waals surface area contributed by atoms with Crippen LogP contribution < -0.4 is 38.5 Å². The number of methoxy groups -OCH3 is 6. The summed E-state index contributed by atoms with van der Waals surface area (Å²) < 4.78 is 93.0. The van der Waals surface area contributed by atoms with Crippen LogP contribution in [0.5, 0.6) is 51.7 Å². The van der Waals surface area contributed by atoms with Crippen molar-refractivity contribution in [3.05, 3.63) is 248 Å². The Balaban J connectivity index is 0.000000161. The number of phenolic OH excluding ortho intramolecular Hbond substituents is 2. The number of carbonyl (C=O) groups is 4. The molecule has 22 heteroatoms. The number of halogens is 3. The lowest BCUT2D eigenvalue weighted by molar-refractivity contribution is -0.121. The summed E-state index contributed by atoms with van der Waals surface area (Å²) in [5.74, 6) is 2.23. The van der Waals surface area contributed by atoms with Crippen molar-refractivity contribution in [1.29, 1.82) is 0 Å². The predicted octanol–water partition coefficient (Wildman–Crippen LogP) is 18.0. The lowest BCUT2D eigenvalue weighted by atomic mass is 9.96. The van der Waals surface area contributed by atoms with Crippen molar-refractivity contribution in [2.75, 3.05) is 68.8 Å². The number of aromatic hydroxyl groups is 2. The molecular weight excluding hydrogens is 1430 g/mol. The highest BCUT2D eigenvalue weighted by atomic mass is 19.1. The summed E-state index contributed by atoms with van der Waals surface area (Å²) in [7, 11) is 10.8. The molecule has 14 rings (SSSR count). The van der Waals surface area contributed by atoms with Gasteiger partial charge in [0.2, 0.25) is 23.2 Å². The van der Waals surface area contributed by atoms with Gasteiger partial charge in [0.15, 0.2) is 34.5 Å². The first-order valence-corrected chi connectivity index (χ1v) is 37.2. The minimum Gasteiger partial charge on any atom is -0.502 e. The van der Waals surface area contributed by atoms with Gasteiger partial charge in [-0.2, -0.15) is 0 Å². The minimum absolute atomic E-state index is 0.0651. The number of ether oxygens (including phenoxy) is 7. The molecule has 3 aliphatic carbocycles. The zero-order valence-corrected chi connectivity index (χ0v) is 64.0. The van der Waals surface area contributed by atoms with Crippen molar-refractivity contribution < 1.29 is 84.6 Å². The molecule has 0 atom stereocenters. The van der Waals surface area contributed by atoms with Crippen molar-refractivity contribution in [2.45, 2.75) is 96.6 Å². The number of furan rings is 2. The number of benzene rings is 6. The van der Waals surface area contributed by atoms with Gasteiger partial charge in [-0.3, -0.25) is 14.4 Å². The van der Waals surface area contributed by atoms with Crippen LogP contribution in [0.4, 0.5) is 18.0 Å². The highest BCUT2D eigenvalue weighted by Crippen LogP contribution is 2.48. The standard InChI is InChI=1S/C39H46FN3O5.C26H23FO5.C25H22FNO5/c1-26-32(13-11-31(44)25-30-9-8-16-41(30)2)35-24-28(40)10-12-33(35)34(26)21-27-22-36(46-3)38(37(23-27)47-4)48-39(45)43-19-14-29(15-20-43)42-17-6-5-7-18-42;1-30-24-11-16(12-25(31-2)26(24)29)10-23-17(13-18-14-19(27)6-8-22(18)23)5-7-20(28)15-21-4-3-9-32-21;1-30-22-9-15(10-23(31-2)25(22)29)8-21-17(11-16-12-18(26)5-6-20(16)21)13-24(28)27-14-19-4-3-7-32-19/h8-10,12,16,21-24,29H,5-7,11,13-15,17-20,25H2,1-4H3;3-4,6,8-14,29H,5,7,15H2,1-2H3;3-12,29H,13-14H2,1-2H3,(H,27,28)/b34-21-;23-10-;21-8-. The third-order valence-corrected chi connectivity index (χ3v) is 20.8. The fourth-order valence-electron chi connectivity index (χ4n) is 14.9. The van der Waals surface area contributed by atoms with Gasteiger partial charge in [-0.25, -0.2) is 18.0 Å². The first-order valence-electron chi connectivity index (χ1n) is 37.2. The predicted molar refractivity (Wildman–Crippen MR) is 425 cm³/mol. The molecule has 3 N–H and O–H groups in total. The van der Waals surface area contributed by atoms with Crippen molar-refractivity contribution in [3.8, 4) is 51.7 Å². The SMILES string of the molecule is COc1cc(/C=C2/C(C)=C(CCC(=O)Cc3cccn3C)c3cc(F)ccc32)cc(OC)c1OC(=O)N1CCC(N2CCCCC2)CC1.COc1cc(/C=C2/C(CC(=O)NCc3ccco3)=Cc3cc(F)ccc32)cc(OC)c1O.COc1cc(/C=C2/C(CCC(=O)Cc3ccco3)=Cc3cc(F)ccc32)cc(OC)c1O. The van der Waals surface area contributed by atoms with E-state index in [1.807, 2.05) is 79.4 Å². The van der Waals surface area contributed by atoms with Crippen LogP contribution in [0, 0.1) is 17.5 Å². The van der Waals surface area contributed by atoms with E-state index < -0.39 is 6.09 Å². The van der Waals surface area contributed by atoms with Crippen LogP contribution in [0.1, 0.15) is 138 Å². The Hall–Kier alpha value is -12.2. The molecule has 2 amide bonds. The number of allylic oxidation sites excluding steroid dienone is 6. The summed E-state index contributed by atoms with van der Waals surface area (Å²) in [6.45, 7) is 5.91. The van der Waals surface area contributed by atoms with E-state index in [-0.39, 0.29) is 94.6 Å². The highest BCUT2D eigenvalue weighted by molar-refractivity contribution is 6.07. The average molecular weight is 1530 g/mol. The normalized spacial score (nSPS) is 15.5. The highest BCUT2D eigenvalue weighted by Gasteiger charge is 2.32. The number of piperidine rings is 2. The van der Waals surface area contributed by atoms with Gasteiger partial charge in [0.25, 0.3) is 0 Å². The number of phenols is 2. The van der Waals surface area contributed by atoms with Gasteiger partial charge in [-0.15, -0.1) is 0 Å². The molecule has 0 radical (unpaired) electrons. The van der Waals surface area contributed by atoms with Crippen LogP contribution >= 0.6 is 0 Å². The molecule has 3 aromatic heterocycles. The molecule has 0 saturated carbocycles. The number of nitrogens with one attached hydrogen (secondary N) is 1. The second-order valence-electron chi connectivity index (χ2n) is 27.9. The molecule has 0 bridgehead atoms. The maximum atomic E-state index is 14.5. The molecule has 2 saturated heterocycles. The number of fused-ring (bicyclic) bond motifs is 3. The zero-order valence-electron chi connectivity index (χ0n) is 64.0. The summed E-state index contributed by atoms with van der Waals surface area (Å²) in [6, 6.07) is 35.8. The number of nitrogens with zero attached hydrogens (tertiary/aromatic N) is 3. The molecular formula is C90H91F3N4O15. The molecule has 112 heavy (non-hydrogen) atoms. The Bertz CT molecular complexity index is 5070. The zero-order chi connectivity index (χ0) is 79.1. The van der Waals surface area contributed by atoms with E-state index in [9.17, 15) is 42.6 Å². The number of rotatable bonds is 25. The second kappa shape index (κ2) is 36.6. The van der Waals surface area contributed by atoms with Crippen LogP contribution in [-0.2, 0) is 40.8 Å². The van der Waals surface area contributed by atoms with Crippen LogP contribution in [-0.4, -0.2) is 123 Å². The van der Waals surface area contributed by atoms with Gasteiger partial charge >= 0.3 is 6.09 Å². The van der Waals surface area contributed by atoms with E-state index in [2.05, 4.69) is 10.2 Å². The number of likely N-dealkylation sites (tertiary alicyclic amines) is 2. The minimum atomic E-state index is -0.411. The van der Waals surface area contributed by atoms with Gasteiger partial charge in [-0.1, -0.05) is 30.7 Å². The van der Waals surface area contributed by atoms with Gasteiger partial charge in [0, 0.05) is 57.3 Å². The Kier molecular flexibility index (Phi) is 25.9. The van der Waals surface area contributed by atoms with Crippen LogP contribution in [0.3, 0.4) is 0 Å². The summed E-state index contributed by atoms with van der Waals surface area (Å²) >= 11 is 0. The molecule has 0 unspecified atom stereocenters. The van der Waals surface area contributed by atoms with Crippen molar-refractivity contribution >= 4 is 76.2 Å². The lowest BCUT2D eigenvalue weighted by Gasteiger charge is -2.39. The smallest absolute Gasteiger partial charge is 0.415 e. The van der Waals surface area contributed by atoms with E-state index in [0.717, 1.165) is 110 Å². The third kappa shape index (κ3) is 19.0. The maximum Gasteiger partial charge on any atom is 0.415 e. The van der Waals surface area contributed by atoms with Gasteiger partial charge in [-0.05, 0) is 281 Å². The number of carbonyl (C=O) groups excluding carboxylic acids is 4. The number of hydrogen-bond acceptors (Lipinski definition) is 16. The monoisotopic (exact) mass is 1520 g/mol. The summed E-state index contributed by atoms with van der Waals surface area (Å²) in [4.78, 5) is 55.6. The Morgan fingerprint density at radius 2 is 1.02 bits per heavy atom. The van der Waals surface area contributed by atoms with Crippen LogP contribution in [0.25, 0.3) is 52.7 Å². The Labute approximate surface area is 649 Å². The third-order valence-electron chi connectivity index (χ3n) is 20.8. The molecule has 5 heterocycles. The molecule has 19 nitrogen and oxygen atoms in total. The fraction of sp³-hybridized carbons (Fsp3) is 0.289. The molecule has 5 aliphatic rings. The molecule has 2 fully saturated rings. The lowest BCUT2D eigenvalue weighted by Crippen LogP contribution is -2.48. The summed E-state index contributed by atoms with van der Waals surface area (Å²) in [5.41, 5.74) is 14.3. The summed E-state index contributed by atoms with van der Waals surface area (Å²) in [6.07, 6.45) is 22.3. The number of ketones is 2. The number of hydrogen-bond donors (Lipinski definition) is 3. The van der Waals surface area contributed by atoms with E-state index in [1.165, 1.54) is 92.3 Å². The average Bonchev–Trinajstić information content (AvgIpc) is 1.61. The molecule has 2 aliphatic heterocycles. The van der Waals surface area contributed by atoms with Crippen molar-refractivity contribution in [1.82, 2.24) is 19.7 Å². The van der Waals surface area contributed by atoms with Crippen molar-refractivity contribution in [2.24, 2.45) is 7.05 Å². The Morgan fingerprint density at radius 1 is 0.527 bits per heavy atom.